The number of hydrogen-bond acceptors (Lipinski definition) is 4. The summed E-state index contributed by atoms with van der Waals surface area (Å²) >= 11 is 5.85. The monoisotopic (exact) mass is 300 g/mol. The SMILES string of the molecule is COC(=O)c1cc(C(C#N)c2ccc(Cl)cc2)ccc1N. The summed E-state index contributed by atoms with van der Waals surface area (Å²) in [5.41, 5.74) is 7.81. The third-order valence-corrected chi connectivity index (χ3v) is 3.40. The van der Waals surface area contributed by atoms with Gasteiger partial charge >= 0.3 is 5.97 Å². The van der Waals surface area contributed by atoms with Crippen molar-refractivity contribution in [3.05, 3.63) is 64.2 Å². The first-order valence-electron chi connectivity index (χ1n) is 6.19. The number of carbonyl (C=O) groups is 1. The van der Waals surface area contributed by atoms with Gasteiger partial charge in [-0.2, -0.15) is 5.26 Å². The van der Waals surface area contributed by atoms with Gasteiger partial charge in [-0.15, -0.1) is 0 Å². The highest BCUT2D eigenvalue weighted by Gasteiger charge is 2.17. The van der Waals surface area contributed by atoms with Crippen LogP contribution in [0.25, 0.3) is 0 Å². The average molecular weight is 301 g/mol. The Kier molecular flexibility index (Phi) is 4.46. The Bertz CT molecular complexity index is 705. The average Bonchev–Trinajstić information content (AvgIpc) is 2.50. The van der Waals surface area contributed by atoms with E-state index in [0.717, 1.165) is 5.56 Å². The van der Waals surface area contributed by atoms with Gasteiger partial charge in [0.2, 0.25) is 0 Å². The Labute approximate surface area is 127 Å². The van der Waals surface area contributed by atoms with E-state index in [1.54, 1.807) is 42.5 Å². The molecule has 0 aliphatic carbocycles. The van der Waals surface area contributed by atoms with E-state index in [2.05, 4.69) is 10.8 Å². The Hall–Kier alpha value is -2.51. The van der Waals surface area contributed by atoms with E-state index in [-0.39, 0.29) is 5.56 Å². The lowest BCUT2D eigenvalue weighted by Crippen LogP contribution is -2.08. The van der Waals surface area contributed by atoms with Crippen molar-refractivity contribution in [2.45, 2.75) is 5.92 Å². The fraction of sp³-hybridized carbons (Fsp3) is 0.125. The van der Waals surface area contributed by atoms with Crippen LogP contribution >= 0.6 is 11.6 Å². The molecule has 2 rings (SSSR count). The van der Waals surface area contributed by atoms with Crippen LogP contribution in [0.5, 0.6) is 0 Å². The minimum Gasteiger partial charge on any atom is -0.465 e. The second-order valence-corrected chi connectivity index (χ2v) is 4.89. The van der Waals surface area contributed by atoms with Crippen LogP contribution in [0.4, 0.5) is 5.69 Å². The molecule has 4 nitrogen and oxygen atoms in total. The number of nitriles is 1. The maximum atomic E-state index is 11.7. The number of nitrogens with zero attached hydrogens (tertiary/aromatic N) is 1. The third kappa shape index (κ3) is 3.15. The van der Waals surface area contributed by atoms with Crippen molar-refractivity contribution in [1.29, 1.82) is 5.26 Å². The predicted molar refractivity (Wildman–Crippen MR) is 81.1 cm³/mol. The van der Waals surface area contributed by atoms with Gasteiger partial charge in [0.05, 0.1) is 24.7 Å². The molecule has 5 heteroatoms. The topological polar surface area (TPSA) is 76.1 Å². The van der Waals surface area contributed by atoms with Gasteiger partial charge in [0.25, 0.3) is 0 Å². The molecular formula is C16H13ClN2O2. The first-order chi connectivity index (χ1) is 10.1. The van der Waals surface area contributed by atoms with E-state index in [0.29, 0.717) is 16.3 Å². The van der Waals surface area contributed by atoms with Gasteiger partial charge in [-0.1, -0.05) is 29.8 Å². The Morgan fingerprint density at radius 1 is 1.24 bits per heavy atom. The lowest BCUT2D eigenvalue weighted by Gasteiger charge is -2.12. The fourth-order valence-corrected chi connectivity index (χ4v) is 2.16. The molecule has 2 aromatic carbocycles. The second-order valence-electron chi connectivity index (χ2n) is 4.45. The van der Waals surface area contributed by atoms with Gasteiger partial charge in [-0.25, -0.2) is 4.79 Å². The molecule has 2 N–H and O–H groups in total. The van der Waals surface area contributed by atoms with Crippen molar-refractivity contribution in [3.8, 4) is 6.07 Å². The zero-order chi connectivity index (χ0) is 15.4. The minimum absolute atomic E-state index is 0.254. The standard InChI is InChI=1S/C16H13ClN2O2/c1-21-16(20)13-8-11(4-7-15(13)19)14(9-18)10-2-5-12(17)6-3-10/h2-8,14H,19H2,1H3. The molecule has 21 heavy (non-hydrogen) atoms. The smallest absolute Gasteiger partial charge is 0.339 e. The number of nitrogens with two attached hydrogens (primary N) is 1. The largest absolute Gasteiger partial charge is 0.465 e. The summed E-state index contributed by atoms with van der Waals surface area (Å²) in [5, 5.41) is 10.0. The number of esters is 1. The summed E-state index contributed by atoms with van der Waals surface area (Å²) in [7, 11) is 1.29. The quantitative estimate of drug-likeness (QED) is 0.696. The van der Waals surface area contributed by atoms with E-state index in [4.69, 9.17) is 17.3 Å². The van der Waals surface area contributed by atoms with Crippen LogP contribution in [0.15, 0.2) is 42.5 Å². The maximum absolute atomic E-state index is 11.7. The summed E-state index contributed by atoms with van der Waals surface area (Å²) in [4.78, 5) is 11.7. The van der Waals surface area contributed by atoms with Crippen LogP contribution in [-0.4, -0.2) is 13.1 Å². The van der Waals surface area contributed by atoms with Gasteiger partial charge in [-0.05, 0) is 35.4 Å². The van der Waals surface area contributed by atoms with E-state index in [9.17, 15) is 10.1 Å². The Balaban J connectivity index is 2.46. The van der Waals surface area contributed by atoms with Crippen LogP contribution < -0.4 is 5.73 Å². The molecule has 0 saturated carbocycles. The Morgan fingerprint density at radius 2 is 1.86 bits per heavy atom. The minimum atomic E-state index is -0.526. The number of halogens is 1. The fourth-order valence-electron chi connectivity index (χ4n) is 2.04. The molecule has 0 radical (unpaired) electrons. The normalized spacial score (nSPS) is 11.5. The van der Waals surface area contributed by atoms with E-state index in [1.165, 1.54) is 7.11 Å². The molecule has 0 bridgehead atoms. The number of ether oxygens (including phenoxy) is 1. The molecule has 0 saturated heterocycles. The zero-order valence-corrected chi connectivity index (χ0v) is 12.1. The molecule has 106 valence electrons. The lowest BCUT2D eigenvalue weighted by molar-refractivity contribution is 0.0602. The third-order valence-electron chi connectivity index (χ3n) is 3.15. The van der Waals surface area contributed by atoms with Crippen LogP contribution in [0, 0.1) is 11.3 Å². The number of anilines is 1. The van der Waals surface area contributed by atoms with Gasteiger partial charge in [0.1, 0.15) is 0 Å². The first-order valence-corrected chi connectivity index (χ1v) is 6.57. The highest BCUT2D eigenvalue weighted by Crippen LogP contribution is 2.28. The summed E-state index contributed by atoms with van der Waals surface area (Å²) in [5.74, 6) is -1.03. The van der Waals surface area contributed by atoms with Crippen molar-refractivity contribution >= 4 is 23.3 Å². The number of nitrogen functional groups attached to an aromatic ring is 1. The van der Waals surface area contributed by atoms with Crippen LogP contribution in [-0.2, 0) is 4.74 Å². The van der Waals surface area contributed by atoms with Crippen molar-refractivity contribution in [3.63, 3.8) is 0 Å². The molecule has 0 aliphatic heterocycles. The first kappa shape index (κ1) is 14.9. The molecule has 1 atom stereocenters. The van der Waals surface area contributed by atoms with Gasteiger partial charge in [0, 0.05) is 10.7 Å². The summed E-state index contributed by atoms with van der Waals surface area (Å²) in [6.07, 6.45) is 0. The molecule has 0 heterocycles. The number of benzene rings is 2. The molecule has 1 unspecified atom stereocenters. The summed E-state index contributed by atoms with van der Waals surface area (Å²) in [6.45, 7) is 0. The zero-order valence-electron chi connectivity index (χ0n) is 11.3. The Morgan fingerprint density at radius 3 is 2.43 bits per heavy atom. The predicted octanol–water partition coefficient (Wildman–Crippen LogP) is 3.36. The van der Waals surface area contributed by atoms with E-state index in [1.807, 2.05) is 0 Å². The molecule has 0 spiro atoms. The number of hydrogen-bond donors (Lipinski definition) is 1. The number of methoxy groups -OCH3 is 1. The number of carbonyl (C=O) groups excluding carboxylic acids is 1. The number of rotatable bonds is 3. The second kappa shape index (κ2) is 6.29. The maximum Gasteiger partial charge on any atom is 0.339 e. The highest BCUT2D eigenvalue weighted by molar-refractivity contribution is 6.30. The molecule has 2 aromatic rings. The van der Waals surface area contributed by atoms with Crippen molar-refractivity contribution in [2.75, 3.05) is 12.8 Å². The van der Waals surface area contributed by atoms with Gasteiger partial charge in [0.15, 0.2) is 0 Å². The van der Waals surface area contributed by atoms with Crippen LogP contribution in [0.1, 0.15) is 27.4 Å². The van der Waals surface area contributed by atoms with Crippen LogP contribution in [0.2, 0.25) is 5.02 Å². The molecule has 0 amide bonds. The summed E-state index contributed by atoms with van der Waals surface area (Å²) in [6, 6.07) is 14.1. The molecule has 0 aromatic heterocycles. The molecular weight excluding hydrogens is 288 g/mol. The molecule has 0 fully saturated rings. The highest BCUT2D eigenvalue weighted by atomic mass is 35.5. The van der Waals surface area contributed by atoms with Gasteiger partial charge in [-0.3, -0.25) is 0 Å². The van der Waals surface area contributed by atoms with E-state index >= 15 is 0 Å². The lowest BCUT2D eigenvalue weighted by atomic mass is 9.91. The summed E-state index contributed by atoms with van der Waals surface area (Å²) < 4.78 is 4.69. The van der Waals surface area contributed by atoms with Crippen molar-refractivity contribution in [1.82, 2.24) is 0 Å². The van der Waals surface area contributed by atoms with Crippen molar-refractivity contribution < 1.29 is 9.53 Å². The van der Waals surface area contributed by atoms with Crippen molar-refractivity contribution in [2.24, 2.45) is 0 Å². The van der Waals surface area contributed by atoms with E-state index < -0.39 is 11.9 Å². The van der Waals surface area contributed by atoms with Gasteiger partial charge < -0.3 is 10.5 Å². The molecule has 0 aliphatic rings. The van der Waals surface area contributed by atoms with Crippen LogP contribution in [0.3, 0.4) is 0 Å².